The van der Waals surface area contributed by atoms with Crippen LogP contribution in [0.1, 0.15) is 58.1 Å². The standard InChI is InChI=1S/C24H36N2O4S/c1-5-31(28,29)14-11-18-8-9-22-21(15-18)19(17-25-22)16-20-7-6-12-26(20)13-10-23(27)30-24(2,3)4/h8-9,15,17,20,25H,5-7,10-14,16H2,1-4H3/t20-/m1/s1. The molecule has 31 heavy (non-hydrogen) atoms. The van der Waals surface area contributed by atoms with Crippen LogP contribution in [-0.2, 0) is 32.2 Å². The Hall–Kier alpha value is -1.86. The molecule has 0 radical (unpaired) electrons. The van der Waals surface area contributed by atoms with Crippen LogP contribution in [0.3, 0.4) is 0 Å². The molecule has 6 nitrogen and oxygen atoms in total. The van der Waals surface area contributed by atoms with Gasteiger partial charge in [-0.2, -0.15) is 0 Å². The van der Waals surface area contributed by atoms with Crippen LogP contribution in [0.15, 0.2) is 24.4 Å². The zero-order valence-electron chi connectivity index (χ0n) is 19.2. The summed E-state index contributed by atoms with van der Waals surface area (Å²) in [5, 5.41) is 1.17. The van der Waals surface area contributed by atoms with Crippen molar-refractivity contribution < 1.29 is 17.9 Å². The number of aromatic nitrogens is 1. The van der Waals surface area contributed by atoms with Crippen LogP contribution in [0.2, 0.25) is 0 Å². The van der Waals surface area contributed by atoms with Crippen LogP contribution in [0.4, 0.5) is 0 Å². The Labute approximate surface area is 186 Å². The highest BCUT2D eigenvalue weighted by Gasteiger charge is 2.26. The number of sulfone groups is 1. The van der Waals surface area contributed by atoms with E-state index >= 15 is 0 Å². The van der Waals surface area contributed by atoms with Gasteiger partial charge < -0.3 is 9.72 Å². The van der Waals surface area contributed by atoms with Crippen molar-refractivity contribution in [3.05, 3.63) is 35.5 Å². The summed E-state index contributed by atoms with van der Waals surface area (Å²) >= 11 is 0. The van der Waals surface area contributed by atoms with Gasteiger partial charge in [-0.15, -0.1) is 0 Å². The minimum Gasteiger partial charge on any atom is -0.460 e. The first-order chi connectivity index (χ1) is 14.6. The molecular formula is C24H36N2O4S. The van der Waals surface area contributed by atoms with Crippen molar-refractivity contribution >= 4 is 26.7 Å². The molecule has 1 aliphatic rings. The van der Waals surface area contributed by atoms with E-state index in [1.807, 2.05) is 32.9 Å². The van der Waals surface area contributed by atoms with Crippen molar-refractivity contribution in [1.29, 1.82) is 0 Å². The van der Waals surface area contributed by atoms with E-state index in [1.165, 1.54) is 10.9 Å². The van der Waals surface area contributed by atoms with Gasteiger partial charge in [0.25, 0.3) is 0 Å². The third kappa shape index (κ3) is 6.81. The zero-order chi connectivity index (χ0) is 22.6. The molecule has 1 N–H and O–H groups in total. The van der Waals surface area contributed by atoms with Crippen molar-refractivity contribution in [2.24, 2.45) is 0 Å². The smallest absolute Gasteiger partial charge is 0.307 e. The van der Waals surface area contributed by atoms with E-state index in [0.717, 1.165) is 43.4 Å². The Kier molecular flexibility index (Phi) is 7.47. The summed E-state index contributed by atoms with van der Waals surface area (Å²) in [7, 11) is -2.97. The Balaban J connectivity index is 1.65. The molecule has 1 atom stereocenters. The maximum atomic E-state index is 12.1. The first kappa shape index (κ1) is 23.8. The first-order valence-electron chi connectivity index (χ1n) is 11.3. The van der Waals surface area contributed by atoms with E-state index in [-0.39, 0.29) is 17.5 Å². The predicted molar refractivity (Wildman–Crippen MR) is 125 cm³/mol. The monoisotopic (exact) mass is 448 g/mol. The number of nitrogens with one attached hydrogen (secondary N) is 1. The lowest BCUT2D eigenvalue weighted by atomic mass is 10.0. The number of carbonyl (C=O) groups is 1. The van der Waals surface area contributed by atoms with Gasteiger partial charge in [0.1, 0.15) is 15.4 Å². The minimum atomic E-state index is -2.97. The fourth-order valence-corrected chi connectivity index (χ4v) is 5.10. The Morgan fingerprint density at radius 1 is 1.29 bits per heavy atom. The molecule has 0 spiro atoms. The quantitative estimate of drug-likeness (QED) is 0.589. The van der Waals surface area contributed by atoms with Crippen molar-refractivity contribution in [3.63, 3.8) is 0 Å². The van der Waals surface area contributed by atoms with Gasteiger partial charge in [0, 0.05) is 35.4 Å². The molecular weight excluding hydrogens is 412 g/mol. The predicted octanol–water partition coefficient (Wildman–Crippen LogP) is 3.88. The van der Waals surface area contributed by atoms with E-state index < -0.39 is 15.4 Å². The summed E-state index contributed by atoms with van der Waals surface area (Å²) in [4.78, 5) is 17.9. The summed E-state index contributed by atoms with van der Waals surface area (Å²) in [6, 6.07) is 6.59. The highest BCUT2D eigenvalue weighted by molar-refractivity contribution is 7.91. The van der Waals surface area contributed by atoms with Crippen molar-refractivity contribution in [2.75, 3.05) is 24.6 Å². The highest BCUT2D eigenvalue weighted by atomic mass is 32.2. The van der Waals surface area contributed by atoms with E-state index in [2.05, 4.69) is 22.1 Å². The Morgan fingerprint density at radius 2 is 2.06 bits per heavy atom. The third-order valence-corrected chi connectivity index (χ3v) is 7.66. The molecule has 2 heterocycles. The number of nitrogens with zero attached hydrogens (tertiary/aromatic N) is 1. The summed E-state index contributed by atoms with van der Waals surface area (Å²) in [6.45, 7) is 9.11. The van der Waals surface area contributed by atoms with Gasteiger partial charge in [0.2, 0.25) is 0 Å². The van der Waals surface area contributed by atoms with E-state index in [0.29, 0.717) is 18.9 Å². The molecule has 1 saturated heterocycles. The number of hydrogen-bond acceptors (Lipinski definition) is 5. The summed E-state index contributed by atoms with van der Waals surface area (Å²) in [5.41, 5.74) is 2.94. The fraction of sp³-hybridized carbons (Fsp3) is 0.625. The first-order valence-corrected chi connectivity index (χ1v) is 13.1. The summed E-state index contributed by atoms with van der Waals surface area (Å²) in [6.07, 6.45) is 6.21. The van der Waals surface area contributed by atoms with Crippen molar-refractivity contribution in [2.45, 2.75) is 71.4 Å². The number of aryl methyl sites for hydroxylation is 1. The van der Waals surface area contributed by atoms with Gasteiger partial charge in [-0.25, -0.2) is 8.42 Å². The zero-order valence-corrected chi connectivity index (χ0v) is 20.1. The number of ether oxygens (including phenoxy) is 1. The second-order valence-corrected chi connectivity index (χ2v) is 12.0. The van der Waals surface area contributed by atoms with Crippen LogP contribution < -0.4 is 0 Å². The molecule has 7 heteroatoms. The average Bonchev–Trinajstić information content (AvgIpc) is 3.30. The van der Waals surface area contributed by atoms with Gasteiger partial charge in [-0.05, 0) is 76.3 Å². The molecule has 0 saturated carbocycles. The lowest BCUT2D eigenvalue weighted by Gasteiger charge is -2.25. The topological polar surface area (TPSA) is 79.5 Å². The molecule has 1 aromatic heterocycles. The molecule has 1 aliphatic heterocycles. The molecule has 0 amide bonds. The lowest BCUT2D eigenvalue weighted by molar-refractivity contribution is -0.155. The van der Waals surface area contributed by atoms with E-state index in [9.17, 15) is 13.2 Å². The Morgan fingerprint density at radius 3 is 2.77 bits per heavy atom. The maximum absolute atomic E-state index is 12.1. The SMILES string of the molecule is CCS(=O)(=O)CCc1ccc2[nH]cc(C[C@H]3CCCN3CCC(=O)OC(C)(C)C)c2c1. The van der Waals surface area contributed by atoms with Gasteiger partial charge in [0.15, 0.2) is 0 Å². The second-order valence-electron chi connectivity index (χ2n) is 9.55. The van der Waals surface area contributed by atoms with Crippen LogP contribution in [-0.4, -0.2) is 60.5 Å². The van der Waals surface area contributed by atoms with Crippen molar-refractivity contribution in [3.8, 4) is 0 Å². The largest absolute Gasteiger partial charge is 0.460 e. The van der Waals surface area contributed by atoms with Crippen LogP contribution in [0, 0.1) is 0 Å². The number of esters is 1. The van der Waals surface area contributed by atoms with Gasteiger partial charge in [-0.3, -0.25) is 9.69 Å². The van der Waals surface area contributed by atoms with E-state index in [4.69, 9.17) is 4.74 Å². The van der Waals surface area contributed by atoms with Gasteiger partial charge in [0.05, 0.1) is 12.2 Å². The van der Waals surface area contributed by atoms with Crippen LogP contribution >= 0.6 is 0 Å². The Bertz CT molecular complexity index is 1000. The van der Waals surface area contributed by atoms with E-state index in [1.54, 1.807) is 6.92 Å². The molecule has 0 aliphatic carbocycles. The number of hydrogen-bond donors (Lipinski definition) is 1. The molecule has 3 rings (SSSR count). The number of H-pyrrole nitrogens is 1. The summed E-state index contributed by atoms with van der Waals surface area (Å²) < 4.78 is 29.2. The molecule has 2 aromatic rings. The van der Waals surface area contributed by atoms with Crippen LogP contribution in [0.25, 0.3) is 10.9 Å². The van der Waals surface area contributed by atoms with Gasteiger partial charge in [-0.1, -0.05) is 13.0 Å². The molecule has 0 bridgehead atoms. The minimum absolute atomic E-state index is 0.142. The fourth-order valence-electron chi connectivity index (χ4n) is 4.27. The lowest BCUT2D eigenvalue weighted by Crippen LogP contribution is -2.34. The average molecular weight is 449 g/mol. The molecule has 1 fully saturated rings. The number of fused-ring (bicyclic) bond motifs is 1. The number of likely N-dealkylation sites (tertiary alicyclic amines) is 1. The highest BCUT2D eigenvalue weighted by Crippen LogP contribution is 2.27. The number of carbonyl (C=O) groups excluding carboxylic acids is 1. The number of benzene rings is 1. The maximum Gasteiger partial charge on any atom is 0.307 e. The number of aromatic amines is 1. The van der Waals surface area contributed by atoms with Crippen LogP contribution in [0.5, 0.6) is 0 Å². The molecule has 1 aromatic carbocycles. The second kappa shape index (κ2) is 9.74. The normalized spacial score (nSPS) is 18.0. The molecule has 0 unspecified atom stereocenters. The summed E-state index contributed by atoms with van der Waals surface area (Å²) in [5.74, 6) is 0.235. The molecule has 172 valence electrons. The third-order valence-electron chi connectivity index (χ3n) is 5.95. The van der Waals surface area contributed by atoms with Crippen molar-refractivity contribution in [1.82, 2.24) is 9.88 Å². The van der Waals surface area contributed by atoms with Gasteiger partial charge >= 0.3 is 5.97 Å². The number of rotatable bonds is 9.